The third-order valence-corrected chi connectivity index (χ3v) is 7.12. The molecule has 0 aliphatic heterocycles. The van der Waals surface area contributed by atoms with Crippen molar-refractivity contribution in [3.05, 3.63) is 60.2 Å². The number of alkyl carbamates (subject to hydrolysis) is 1. The minimum Gasteiger partial charge on any atom is -0.487 e. The fraction of sp³-hybridized carbons (Fsp3) is 0.533. The van der Waals surface area contributed by atoms with Crippen LogP contribution in [0.25, 0.3) is 0 Å². The molecule has 0 fully saturated rings. The second kappa shape index (κ2) is 19.2. The van der Waals surface area contributed by atoms with E-state index in [2.05, 4.69) is 15.4 Å². The average Bonchev–Trinajstić information content (AvgIpc) is 2.96. The highest BCUT2D eigenvalue weighted by atomic mass is 32.2. The molecular weight excluding hydrogens is 590 g/mol. The van der Waals surface area contributed by atoms with Gasteiger partial charge in [0.05, 0.1) is 12.2 Å². The lowest BCUT2D eigenvalue weighted by molar-refractivity contribution is -0.124. The van der Waals surface area contributed by atoms with Gasteiger partial charge in [-0.25, -0.2) is 17.9 Å². The largest absolute Gasteiger partial charge is 0.487 e. The number of aliphatic hydroxyl groups is 2. The van der Waals surface area contributed by atoms with Gasteiger partial charge in [0.1, 0.15) is 28.9 Å². The van der Waals surface area contributed by atoms with Crippen LogP contribution in [-0.4, -0.2) is 80.7 Å². The van der Waals surface area contributed by atoms with Gasteiger partial charge in [0.15, 0.2) is 0 Å². The fourth-order valence-corrected chi connectivity index (χ4v) is 4.69. The molecule has 0 aromatic heterocycles. The van der Waals surface area contributed by atoms with E-state index in [1.807, 2.05) is 44.2 Å². The zero-order chi connectivity index (χ0) is 33.3. The average molecular weight is 640 g/mol. The molecule has 0 saturated heterocycles. The van der Waals surface area contributed by atoms with Gasteiger partial charge in [-0.1, -0.05) is 56.3 Å². The number of hydrogen-bond donors (Lipinski definition) is 7. The van der Waals surface area contributed by atoms with Crippen molar-refractivity contribution in [2.45, 2.75) is 76.4 Å². The molecule has 0 aliphatic rings. The van der Waals surface area contributed by atoms with Crippen LogP contribution < -0.4 is 31.6 Å². The van der Waals surface area contributed by atoms with Crippen LogP contribution in [0, 0.1) is 5.92 Å². The molecular formula is C30H49N5O8S. The Balaban J connectivity index is 0.00000146. The number of rotatable bonds is 15. The first kappa shape index (κ1) is 38.8. The maximum Gasteiger partial charge on any atom is 0.408 e. The highest BCUT2D eigenvalue weighted by Crippen LogP contribution is 2.24. The number of nitrogens with two attached hydrogens (primary N) is 2. The number of sulfonamides is 1. The molecule has 0 heterocycles. The summed E-state index contributed by atoms with van der Waals surface area (Å²) in [6.45, 7) is 9.11. The molecule has 1 unspecified atom stereocenters. The van der Waals surface area contributed by atoms with Crippen molar-refractivity contribution in [3.63, 3.8) is 0 Å². The standard InChI is InChI=1S/C27H39N3O7S.C3H10N2O/c1-19(2)15-22(30-26(33)37-27(3,4)5)25(32)28-16-21(31)17-29-38(34,35)24-14-10-9-13-23(24)36-18-20-11-7-6-8-12-20;4-1-3(6)2-5/h6-14,19,21-22,29,31H,15-18H2,1-5H3,(H,28,32)(H,30,33);3,6H,1-2,4-5H2/t21?,22-;/m0./s1. The summed E-state index contributed by atoms with van der Waals surface area (Å²) in [5.41, 5.74) is 10.1. The smallest absolute Gasteiger partial charge is 0.408 e. The van der Waals surface area contributed by atoms with Crippen LogP contribution in [0.5, 0.6) is 5.75 Å². The zero-order valence-corrected chi connectivity index (χ0v) is 27.0. The van der Waals surface area contributed by atoms with E-state index in [1.54, 1.807) is 39.0 Å². The highest BCUT2D eigenvalue weighted by Gasteiger charge is 2.26. The minimum atomic E-state index is -4.02. The summed E-state index contributed by atoms with van der Waals surface area (Å²) < 4.78 is 39.2. The Morgan fingerprint density at radius 1 is 0.909 bits per heavy atom. The summed E-state index contributed by atoms with van der Waals surface area (Å²) in [7, 11) is -4.02. The normalized spacial score (nSPS) is 13.0. The summed E-state index contributed by atoms with van der Waals surface area (Å²) >= 11 is 0. The number of nitrogens with one attached hydrogen (secondary N) is 3. The molecule has 2 rings (SSSR count). The van der Waals surface area contributed by atoms with Crippen LogP contribution in [0.15, 0.2) is 59.5 Å². The molecule has 44 heavy (non-hydrogen) atoms. The van der Waals surface area contributed by atoms with E-state index in [-0.39, 0.29) is 49.3 Å². The number of amides is 2. The second-order valence-electron chi connectivity index (χ2n) is 11.4. The quantitative estimate of drug-likeness (QED) is 0.148. The first-order valence-corrected chi connectivity index (χ1v) is 15.8. The van der Waals surface area contributed by atoms with Gasteiger partial charge in [-0.15, -0.1) is 0 Å². The lowest BCUT2D eigenvalue weighted by atomic mass is 10.0. The Morgan fingerprint density at radius 3 is 2.05 bits per heavy atom. The summed E-state index contributed by atoms with van der Waals surface area (Å²) in [5, 5.41) is 23.9. The summed E-state index contributed by atoms with van der Waals surface area (Å²) in [6, 6.07) is 14.7. The Bertz CT molecular complexity index is 1240. The molecule has 13 nitrogen and oxygen atoms in total. The number of carbonyl (C=O) groups excluding carboxylic acids is 2. The first-order valence-electron chi connectivity index (χ1n) is 14.4. The van der Waals surface area contributed by atoms with E-state index >= 15 is 0 Å². The fourth-order valence-electron chi connectivity index (χ4n) is 3.47. The Kier molecular flexibility index (Phi) is 16.9. The predicted molar refractivity (Wildman–Crippen MR) is 168 cm³/mol. The van der Waals surface area contributed by atoms with E-state index in [4.69, 9.17) is 26.0 Å². The third-order valence-electron chi connectivity index (χ3n) is 5.66. The minimum absolute atomic E-state index is 0.0641. The van der Waals surface area contributed by atoms with Gasteiger partial charge < -0.3 is 41.8 Å². The molecule has 0 bridgehead atoms. The SMILES string of the molecule is CC(C)C[C@H](NC(=O)OC(C)(C)C)C(=O)NCC(O)CNS(=O)(=O)c1ccccc1OCc1ccccc1.NCC(O)CN. The van der Waals surface area contributed by atoms with Crippen molar-refractivity contribution >= 4 is 22.0 Å². The summed E-state index contributed by atoms with van der Waals surface area (Å²) in [4.78, 5) is 24.8. The molecule has 2 aromatic carbocycles. The molecule has 0 saturated carbocycles. The van der Waals surface area contributed by atoms with Gasteiger partial charge >= 0.3 is 6.09 Å². The maximum absolute atomic E-state index is 12.9. The zero-order valence-electron chi connectivity index (χ0n) is 26.2. The first-order chi connectivity index (χ1) is 20.6. The van der Waals surface area contributed by atoms with Crippen LogP contribution >= 0.6 is 0 Å². The lowest BCUT2D eigenvalue weighted by Gasteiger charge is -2.24. The number of carbonyl (C=O) groups is 2. The van der Waals surface area contributed by atoms with Crippen molar-refractivity contribution in [2.24, 2.45) is 17.4 Å². The predicted octanol–water partition coefficient (Wildman–Crippen LogP) is 1.23. The molecule has 2 aromatic rings. The van der Waals surface area contributed by atoms with E-state index < -0.39 is 45.9 Å². The van der Waals surface area contributed by atoms with Gasteiger partial charge in [0.2, 0.25) is 15.9 Å². The van der Waals surface area contributed by atoms with E-state index in [0.29, 0.717) is 6.42 Å². The molecule has 2 amide bonds. The molecule has 0 spiro atoms. The van der Waals surface area contributed by atoms with Crippen LogP contribution in [0.2, 0.25) is 0 Å². The molecule has 2 atom stereocenters. The molecule has 248 valence electrons. The molecule has 9 N–H and O–H groups in total. The van der Waals surface area contributed by atoms with Crippen LogP contribution in [0.3, 0.4) is 0 Å². The monoisotopic (exact) mass is 639 g/mol. The van der Waals surface area contributed by atoms with Gasteiger partial charge in [0, 0.05) is 26.2 Å². The van der Waals surface area contributed by atoms with Gasteiger partial charge in [0.25, 0.3) is 0 Å². The molecule has 0 aliphatic carbocycles. The van der Waals surface area contributed by atoms with Crippen LogP contribution in [0.1, 0.15) is 46.6 Å². The van der Waals surface area contributed by atoms with E-state index in [0.717, 1.165) is 5.56 Å². The Labute approximate surface area is 260 Å². The number of ether oxygens (including phenoxy) is 2. The number of aliphatic hydroxyl groups excluding tert-OH is 2. The second-order valence-corrected chi connectivity index (χ2v) is 13.2. The maximum atomic E-state index is 12.9. The van der Waals surface area contributed by atoms with E-state index in [9.17, 15) is 23.1 Å². The van der Waals surface area contributed by atoms with Crippen LogP contribution in [-0.2, 0) is 26.2 Å². The Morgan fingerprint density at radius 2 is 1.50 bits per heavy atom. The van der Waals surface area contributed by atoms with Gasteiger partial charge in [-0.2, -0.15) is 0 Å². The number of para-hydroxylation sites is 1. The van der Waals surface area contributed by atoms with Gasteiger partial charge in [-0.05, 0) is 50.8 Å². The summed E-state index contributed by atoms with van der Waals surface area (Å²) in [5.74, 6) is -0.232. The molecule has 14 heteroatoms. The van der Waals surface area contributed by atoms with Crippen molar-refractivity contribution in [3.8, 4) is 5.75 Å². The number of benzene rings is 2. The third kappa shape index (κ3) is 16.0. The van der Waals surface area contributed by atoms with Crippen molar-refractivity contribution in [2.75, 3.05) is 26.2 Å². The highest BCUT2D eigenvalue weighted by molar-refractivity contribution is 7.89. The van der Waals surface area contributed by atoms with Crippen LogP contribution in [0.4, 0.5) is 4.79 Å². The van der Waals surface area contributed by atoms with Crippen molar-refractivity contribution in [1.82, 2.24) is 15.4 Å². The van der Waals surface area contributed by atoms with Crippen molar-refractivity contribution in [1.29, 1.82) is 0 Å². The van der Waals surface area contributed by atoms with Crippen molar-refractivity contribution < 1.29 is 37.7 Å². The topological polar surface area (TPSA) is 215 Å². The lowest BCUT2D eigenvalue weighted by Crippen LogP contribution is -2.50. The summed E-state index contributed by atoms with van der Waals surface area (Å²) in [6.07, 6.45) is -2.09. The Hall–Kier alpha value is -3.27. The number of hydrogen-bond acceptors (Lipinski definition) is 10. The van der Waals surface area contributed by atoms with Gasteiger partial charge in [-0.3, -0.25) is 4.79 Å². The molecule has 0 radical (unpaired) electrons. The van der Waals surface area contributed by atoms with E-state index in [1.165, 1.54) is 6.07 Å².